The van der Waals surface area contributed by atoms with Crippen molar-refractivity contribution in [2.24, 2.45) is 0 Å². The number of amides is 1. The van der Waals surface area contributed by atoms with Crippen molar-refractivity contribution in [3.63, 3.8) is 0 Å². The number of methoxy groups -OCH3 is 4. The average molecular weight is 619 g/mol. The van der Waals surface area contributed by atoms with Crippen molar-refractivity contribution in [2.75, 3.05) is 28.4 Å². The maximum Gasteiger partial charge on any atom is 0.335 e. The third-order valence-corrected chi connectivity index (χ3v) is 7.74. The number of aromatic carboxylic acids is 1. The molecule has 46 heavy (non-hydrogen) atoms. The standard InChI is InChI=1S/C37H34N2O7/c1-43-29-13-5-24(6-14-29)34(25-7-15-30(44-2)16-8-25)39(36(40)33-23-28(37(41)42)21-22-38-33)35(26-9-17-31(45-3)18-10-26)27-11-19-32(46-4)20-12-27/h5-23,34-35H,1-4H3,(H,41,42). The normalized spacial score (nSPS) is 10.8. The van der Waals surface area contributed by atoms with Gasteiger partial charge in [0.15, 0.2) is 0 Å². The van der Waals surface area contributed by atoms with Crippen molar-refractivity contribution in [1.82, 2.24) is 9.88 Å². The molecule has 0 unspecified atom stereocenters. The first kappa shape index (κ1) is 31.6. The molecule has 1 heterocycles. The zero-order valence-corrected chi connectivity index (χ0v) is 25.9. The highest BCUT2D eigenvalue weighted by molar-refractivity contribution is 5.96. The van der Waals surface area contributed by atoms with E-state index in [4.69, 9.17) is 18.9 Å². The molecular weight excluding hydrogens is 584 g/mol. The predicted molar refractivity (Wildman–Crippen MR) is 173 cm³/mol. The van der Waals surface area contributed by atoms with E-state index >= 15 is 0 Å². The van der Waals surface area contributed by atoms with Gasteiger partial charge in [0.25, 0.3) is 5.91 Å². The Morgan fingerprint density at radius 2 is 0.891 bits per heavy atom. The SMILES string of the molecule is COc1ccc(C(c2ccc(OC)cc2)N(C(=O)c2cc(C(=O)O)ccn2)C(c2ccc(OC)cc2)c2ccc(OC)cc2)cc1. The Bertz CT molecular complexity index is 1580. The van der Waals surface area contributed by atoms with Gasteiger partial charge in [0, 0.05) is 6.20 Å². The second kappa shape index (κ2) is 14.3. The molecule has 0 fully saturated rings. The number of hydrogen-bond donors (Lipinski definition) is 1. The van der Waals surface area contributed by atoms with Crippen LogP contribution in [0.15, 0.2) is 115 Å². The minimum Gasteiger partial charge on any atom is -0.497 e. The highest BCUT2D eigenvalue weighted by Gasteiger charge is 2.36. The number of carboxylic acids is 1. The second-order valence-corrected chi connectivity index (χ2v) is 10.3. The molecule has 4 aromatic carbocycles. The van der Waals surface area contributed by atoms with Crippen LogP contribution in [0.5, 0.6) is 23.0 Å². The molecule has 1 amide bonds. The monoisotopic (exact) mass is 618 g/mol. The summed E-state index contributed by atoms with van der Waals surface area (Å²) >= 11 is 0. The molecule has 9 nitrogen and oxygen atoms in total. The number of carbonyl (C=O) groups excluding carboxylic acids is 1. The number of carboxylic acid groups (broad SMARTS) is 1. The summed E-state index contributed by atoms with van der Waals surface area (Å²) in [6, 6.07) is 31.3. The Morgan fingerprint density at radius 1 is 0.565 bits per heavy atom. The molecule has 0 aliphatic carbocycles. The smallest absolute Gasteiger partial charge is 0.335 e. The van der Waals surface area contributed by atoms with E-state index in [0.717, 1.165) is 22.3 Å². The van der Waals surface area contributed by atoms with Gasteiger partial charge < -0.3 is 29.0 Å². The maximum atomic E-state index is 15.0. The fraction of sp³-hybridized carbons (Fsp3) is 0.162. The van der Waals surface area contributed by atoms with Gasteiger partial charge in [-0.15, -0.1) is 0 Å². The molecule has 0 atom stereocenters. The molecule has 9 heteroatoms. The van der Waals surface area contributed by atoms with Crippen LogP contribution in [-0.2, 0) is 0 Å². The number of rotatable bonds is 12. The Labute approximate surface area is 267 Å². The van der Waals surface area contributed by atoms with Crippen LogP contribution in [0.1, 0.15) is 55.2 Å². The molecule has 0 spiro atoms. The van der Waals surface area contributed by atoms with Gasteiger partial charge in [0.2, 0.25) is 0 Å². The first-order valence-corrected chi connectivity index (χ1v) is 14.4. The fourth-order valence-electron chi connectivity index (χ4n) is 5.37. The molecule has 0 aliphatic rings. The molecule has 1 aromatic heterocycles. The van der Waals surface area contributed by atoms with Crippen LogP contribution in [0.2, 0.25) is 0 Å². The third-order valence-electron chi connectivity index (χ3n) is 7.74. The average Bonchev–Trinajstić information content (AvgIpc) is 3.12. The number of benzene rings is 4. The van der Waals surface area contributed by atoms with Gasteiger partial charge in [-0.25, -0.2) is 4.79 Å². The van der Waals surface area contributed by atoms with E-state index in [1.807, 2.05) is 97.1 Å². The topological polar surface area (TPSA) is 107 Å². The highest BCUT2D eigenvalue weighted by atomic mass is 16.5. The lowest BCUT2D eigenvalue weighted by Crippen LogP contribution is -2.40. The van der Waals surface area contributed by atoms with Crippen LogP contribution in [-0.4, -0.2) is 55.3 Å². The lowest BCUT2D eigenvalue weighted by atomic mass is 9.89. The van der Waals surface area contributed by atoms with Gasteiger partial charge in [0.05, 0.1) is 46.1 Å². The lowest BCUT2D eigenvalue weighted by Gasteiger charge is -2.39. The Morgan fingerprint density at radius 3 is 1.17 bits per heavy atom. The Kier molecular flexibility index (Phi) is 9.82. The van der Waals surface area contributed by atoms with Crippen molar-refractivity contribution in [2.45, 2.75) is 12.1 Å². The largest absolute Gasteiger partial charge is 0.497 e. The summed E-state index contributed by atoms with van der Waals surface area (Å²) in [4.78, 5) is 33.0. The summed E-state index contributed by atoms with van der Waals surface area (Å²) < 4.78 is 21.8. The van der Waals surface area contributed by atoms with E-state index in [0.29, 0.717) is 23.0 Å². The van der Waals surface area contributed by atoms with Crippen molar-refractivity contribution >= 4 is 11.9 Å². The summed E-state index contributed by atoms with van der Waals surface area (Å²) in [6.07, 6.45) is 1.33. The summed E-state index contributed by atoms with van der Waals surface area (Å²) in [6.45, 7) is 0. The van der Waals surface area contributed by atoms with Crippen molar-refractivity contribution < 1.29 is 33.6 Å². The summed E-state index contributed by atoms with van der Waals surface area (Å²) in [7, 11) is 6.37. The van der Waals surface area contributed by atoms with E-state index in [9.17, 15) is 14.7 Å². The molecule has 5 aromatic rings. The van der Waals surface area contributed by atoms with Gasteiger partial charge in [-0.2, -0.15) is 0 Å². The molecule has 0 aliphatic heterocycles. The number of ether oxygens (including phenoxy) is 4. The zero-order chi connectivity index (χ0) is 32.6. The highest BCUT2D eigenvalue weighted by Crippen LogP contribution is 2.42. The number of hydrogen-bond acceptors (Lipinski definition) is 7. The molecular formula is C37H34N2O7. The van der Waals surface area contributed by atoms with E-state index in [1.54, 1.807) is 33.3 Å². The molecule has 234 valence electrons. The molecule has 5 rings (SSSR count). The quantitative estimate of drug-likeness (QED) is 0.162. The first-order valence-electron chi connectivity index (χ1n) is 14.4. The molecule has 0 bridgehead atoms. The van der Waals surface area contributed by atoms with E-state index in [1.165, 1.54) is 18.3 Å². The number of carbonyl (C=O) groups is 2. The van der Waals surface area contributed by atoms with Crippen LogP contribution in [0, 0.1) is 0 Å². The maximum absolute atomic E-state index is 15.0. The van der Waals surface area contributed by atoms with Crippen LogP contribution < -0.4 is 18.9 Å². The van der Waals surface area contributed by atoms with Crippen LogP contribution in [0.3, 0.4) is 0 Å². The first-order chi connectivity index (χ1) is 22.4. The molecule has 0 radical (unpaired) electrons. The Balaban J connectivity index is 1.81. The molecule has 0 saturated carbocycles. The minimum absolute atomic E-state index is 0.0149. The predicted octanol–water partition coefficient (Wildman–Crippen LogP) is 6.84. The third kappa shape index (κ3) is 6.78. The molecule has 1 N–H and O–H groups in total. The summed E-state index contributed by atoms with van der Waals surface area (Å²) in [5, 5.41) is 9.76. The molecule has 0 saturated heterocycles. The number of aromatic nitrogens is 1. The van der Waals surface area contributed by atoms with Gasteiger partial charge in [-0.3, -0.25) is 9.78 Å². The summed E-state index contributed by atoms with van der Waals surface area (Å²) in [5.41, 5.74) is 3.11. The van der Waals surface area contributed by atoms with Crippen molar-refractivity contribution in [3.05, 3.63) is 149 Å². The van der Waals surface area contributed by atoms with E-state index in [2.05, 4.69) is 4.98 Å². The van der Waals surface area contributed by atoms with Crippen molar-refractivity contribution in [1.29, 1.82) is 0 Å². The van der Waals surface area contributed by atoms with Gasteiger partial charge in [-0.1, -0.05) is 48.5 Å². The van der Waals surface area contributed by atoms with Gasteiger partial charge >= 0.3 is 5.97 Å². The Hall–Kier alpha value is -5.83. The van der Waals surface area contributed by atoms with Crippen LogP contribution in [0.4, 0.5) is 0 Å². The van der Waals surface area contributed by atoms with Crippen molar-refractivity contribution in [3.8, 4) is 23.0 Å². The van der Waals surface area contributed by atoms with E-state index < -0.39 is 24.0 Å². The summed E-state index contributed by atoms with van der Waals surface area (Å²) in [5.74, 6) is 1.00. The zero-order valence-electron chi connectivity index (χ0n) is 25.9. The number of pyridine rings is 1. The fourth-order valence-corrected chi connectivity index (χ4v) is 5.37. The lowest BCUT2D eigenvalue weighted by molar-refractivity contribution is 0.0638. The second-order valence-electron chi connectivity index (χ2n) is 10.3. The minimum atomic E-state index is -1.16. The van der Waals surface area contributed by atoms with Gasteiger partial charge in [-0.05, 0) is 82.9 Å². The van der Waals surface area contributed by atoms with E-state index in [-0.39, 0.29) is 11.3 Å². The van der Waals surface area contributed by atoms with Crippen LogP contribution in [0.25, 0.3) is 0 Å². The van der Waals surface area contributed by atoms with Gasteiger partial charge in [0.1, 0.15) is 28.7 Å². The van der Waals surface area contributed by atoms with Crippen LogP contribution >= 0.6 is 0 Å². The number of nitrogens with zero attached hydrogens (tertiary/aromatic N) is 2.